The molecule has 0 bridgehead atoms. The van der Waals surface area contributed by atoms with Gasteiger partial charge in [-0.05, 0) is 29.7 Å². The summed E-state index contributed by atoms with van der Waals surface area (Å²) >= 11 is 6.00. The minimum absolute atomic E-state index is 0.191. The molecule has 1 aliphatic heterocycles. The van der Waals surface area contributed by atoms with Crippen molar-refractivity contribution in [1.82, 2.24) is 0 Å². The molecular weight excluding hydrogens is 342 g/mol. The monoisotopic (exact) mass is 359 g/mol. The lowest BCUT2D eigenvalue weighted by Crippen LogP contribution is -2.38. The van der Waals surface area contributed by atoms with Crippen LogP contribution in [-0.4, -0.2) is 30.5 Å². The van der Waals surface area contributed by atoms with E-state index < -0.39 is 17.5 Å². The molecule has 0 aromatic heterocycles. The normalized spacial score (nSPS) is 17.0. The van der Waals surface area contributed by atoms with E-state index in [-0.39, 0.29) is 5.91 Å². The van der Waals surface area contributed by atoms with E-state index in [0.29, 0.717) is 24.3 Å². The molecule has 0 saturated carbocycles. The van der Waals surface area contributed by atoms with Gasteiger partial charge in [0.05, 0.1) is 12.8 Å². The molecule has 130 valence electrons. The van der Waals surface area contributed by atoms with Crippen LogP contribution in [0.1, 0.15) is 11.1 Å². The van der Waals surface area contributed by atoms with E-state index in [1.165, 1.54) is 7.11 Å². The molecule has 3 rings (SSSR count). The molecule has 2 aromatic rings. The first kappa shape index (κ1) is 17.3. The van der Waals surface area contributed by atoms with Gasteiger partial charge in [-0.2, -0.15) is 0 Å². The fourth-order valence-corrected chi connectivity index (χ4v) is 2.97. The lowest BCUT2D eigenvalue weighted by Gasteiger charge is -2.26. The van der Waals surface area contributed by atoms with Gasteiger partial charge in [0.25, 0.3) is 5.91 Å². The van der Waals surface area contributed by atoms with Crippen molar-refractivity contribution in [2.75, 3.05) is 12.4 Å². The number of fused-ring (bicyclic) bond motifs is 1. The molecule has 0 spiro atoms. The predicted molar refractivity (Wildman–Crippen MR) is 95.0 cm³/mol. The molecular formula is C19H18ClNO4. The molecule has 0 fully saturated rings. The maximum atomic E-state index is 12.3. The van der Waals surface area contributed by atoms with Crippen LogP contribution in [0.25, 0.3) is 0 Å². The average Bonchev–Trinajstić information content (AvgIpc) is 2.62. The summed E-state index contributed by atoms with van der Waals surface area (Å²) in [5.74, 6) is -0.0695. The summed E-state index contributed by atoms with van der Waals surface area (Å²) in [4.78, 5) is 23.7. The summed E-state index contributed by atoms with van der Waals surface area (Å²) in [5.41, 5.74) is 2.43. The maximum Gasteiger partial charge on any atom is 0.324 e. The van der Waals surface area contributed by atoms with Crippen molar-refractivity contribution in [1.29, 1.82) is 0 Å². The number of alkyl halides is 1. The van der Waals surface area contributed by atoms with Crippen LogP contribution in [0.15, 0.2) is 48.5 Å². The molecule has 1 N–H and O–H groups in total. The van der Waals surface area contributed by atoms with Crippen LogP contribution in [0.5, 0.6) is 5.75 Å². The molecule has 0 radical (unpaired) electrons. The van der Waals surface area contributed by atoms with E-state index in [9.17, 15) is 9.59 Å². The van der Waals surface area contributed by atoms with Gasteiger partial charge in [-0.3, -0.25) is 9.59 Å². The van der Waals surface area contributed by atoms with E-state index >= 15 is 0 Å². The van der Waals surface area contributed by atoms with Gasteiger partial charge < -0.3 is 14.8 Å². The van der Waals surface area contributed by atoms with Crippen molar-refractivity contribution in [2.24, 2.45) is 0 Å². The number of carbonyl (C=O) groups excluding carboxylic acids is 2. The van der Waals surface area contributed by atoms with E-state index in [2.05, 4.69) is 10.1 Å². The number of halogens is 1. The van der Waals surface area contributed by atoms with E-state index in [4.69, 9.17) is 16.3 Å². The highest BCUT2D eigenvalue weighted by molar-refractivity contribution is 6.30. The highest BCUT2D eigenvalue weighted by atomic mass is 35.5. The summed E-state index contributed by atoms with van der Waals surface area (Å²) in [6.07, 6.45) is 0.238. The van der Waals surface area contributed by atoms with Crippen molar-refractivity contribution in [3.05, 3.63) is 59.7 Å². The molecule has 1 aliphatic rings. The summed E-state index contributed by atoms with van der Waals surface area (Å²) < 4.78 is 10.5. The molecule has 1 amide bonds. The van der Waals surface area contributed by atoms with Crippen molar-refractivity contribution in [3.63, 3.8) is 0 Å². The Morgan fingerprint density at radius 1 is 1.24 bits per heavy atom. The zero-order valence-corrected chi connectivity index (χ0v) is 14.5. The smallest absolute Gasteiger partial charge is 0.324 e. The van der Waals surface area contributed by atoms with Gasteiger partial charge in [0, 0.05) is 6.42 Å². The molecule has 5 nitrogen and oxygen atoms in total. The van der Waals surface area contributed by atoms with Crippen LogP contribution < -0.4 is 10.1 Å². The van der Waals surface area contributed by atoms with Gasteiger partial charge in [-0.1, -0.05) is 36.4 Å². The third-order valence-corrected chi connectivity index (χ3v) is 4.33. The molecule has 2 aromatic carbocycles. The Balaban J connectivity index is 1.72. The first-order chi connectivity index (χ1) is 12.1. The average molecular weight is 360 g/mol. The molecule has 2 unspecified atom stereocenters. The number of hydrogen-bond donors (Lipinski definition) is 1. The lowest BCUT2D eigenvalue weighted by atomic mass is 10.0. The first-order valence-corrected chi connectivity index (χ1v) is 8.36. The summed E-state index contributed by atoms with van der Waals surface area (Å²) in [5, 5.41) is 2.09. The van der Waals surface area contributed by atoms with Crippen LogP contribution >= 0.6 is 11.6 Å². The van der Waals surface area contributed by atoms with Crippen molar-refractivity contribution in [2.45, 2.75) is 24.3 Å². The standard InChI is InChI=1S/C19H18ClNO4/c1-24-19(23)14(20)9-13-7-8-16-15(10-13)21-18(22)17(25-16)11-12-5-3-2-4-6-12/h2-8,10,14,17H,9,11H2,1H3,(H,21,22). The molecule has 6 heteroatoms. The largest absolute Gasteiger partial charge is 0.478 e. The first-order valence-electron chi connectivity index (χ1n) is 7.93. The highest BCUT2D eigenvalue weighted by Gasteiger charge is 2.28. The summed E-state index contributed by atoms with van der Waals surface area (Å²) in [6, 6.07) is 15.1. The summed E-state index contributed by atoms with van der Waals surface area (Å²) in [7, 11) is 1.30. The zero-order valence-electron chi connectivity index (χ0n) is 13.7. The number of amides is 1. The second kappa shape index (κ2) is 7.57. The number of anilines is 1. The number of methoxy groups -OCH3 is 1. The molecule has 0 saturated heterocycles. The summed E-state index contributed by atoms with van der Waals surface area (Å²) in [6.45, 7) is 0. The lowest BCUT2D eigenvalue weighted by molar-refractivity contribution is -0.140. The Labute approximate surface area is 150 Å². The van der Waals surface area contributed by atoms with E-state index in [1.807, 2.05) is 36.4 Å². The third-order valence-electron chi connectivity index (χ3n) is 4.00. The maximum absolute atomic E-state index is 12.3. The van der Waals surface area contributed by atoms with Gasteiger partial charge in [0.1, 0.15) is 11.1 Å². The Morgan fingerprint density at radius 2 is 2.00 bits per heavy atom. The van der Waals surface area contributed by atoms with Gasteiger partial charge in [0.2, 0.25) is 0 Å². The number of benzene rings is 2. The van der Waals surface area contributed by atoms with Crippen LogP contribution in [0.2, 0.25) is 0 Å². The fourth-order valence-electron chi connectivity index (χ4n) is 2.71. The Kier molecular flexibility index (Phi) is 5.24. The second-order valence-corrected chi connectivity index (χ2v) is 6.34. The minimum Gasteiger partial charge on any atom is -0.478 e. The SMILES string of the molecule is COC(=O)C(Cl)Cc1ccc2c(c1)NC(=O)C(Cc1ccccc1)O2. The number of esters is 1. The molecule has 25 heavy (non-hydrogen) atoms. The number of carbonyl (C=O) groups is 2. The predicted octanol–water partition coefficient (Wildman–Crippen LogP) is 2.95. The molecule has 0 aliphatic carbocycles. The van der Waals surface area contributed by atoms with Crippen molar-refractivity contribution >= 4 is 29.2 Å². The molecule has 2 atom stereocenters. The quantitative estimate of drug-likeness (QED) is 0.658. The van der Waals surface area contributed by atoms with Gasteiger partial charge in [0.15, 0.2) is 6.10 Å². The third kappa shape index (κ3) is 4.12. The number of nitrogens with one attached hydrogen (secondary N) is 1. The number of hydrogen-bond acceptors (Lipinski definition) is 4. The van der Waals surface area contributed by atoms with Crippen LogP contribution in [0, 0.1) is 0 Å². The van der Waals surface area contributed by atoms with E-state index in [1.54, 1.807) is 12.1 Å². The van der Waals surface area contributed by atoms with Gasteiger partial charge in [-0.15, -0.1) is 11.6 Å². The highest BCUT2D eigenvalue weighted by Crippen LogP contribution is 2.32. The van der Waals surface area contributed by atoms with Crippen LogP contribution in [-0.2, 0) is 27.2 Å². The van der Waals surface area contributed by atoms with Gasteiger partial charge in [-0.25, -0.2) is 0 Å². The van der Waals surface area contributed by atoms with Crippen molar-refractivity contribution in [3.8, 4) is 5.75 Å². The van der Waals surface area contributed by atoms with E-state index in [0.717, 1.165) is 11.1 Å². The number of rotatable bonds is 5. The van der Waals surface area contributed by atoms with Crippen LogP contribution in [0.3, 0.4) is 0 Å². The Morgan fingerprint density at radius 3 is 2.72 bits per heavy atom. The van der Waals surface area contributed by atoms with Crippen LogP contribution in [0.4, 0.5) is 5.69 Å². The Bertz CT molecular complexity index is 778. The second-order valence-electron chi connectivity index (χ2n) is 5.81. The van der Waals surface area contributed by atoms with Gasteiger partial charge >= 0.3 is 5.97 Å². The Hall–Kier alpha value is -2.53. The fraction of sp³-hybridized carbons (Fsp3) is 0.263. The molecule has 1 heterocycles. The topological polar surface area (TPSA) is 64.6 Å². The minimum atomic E-state index is -0.769. The zero-order chi connectivity index (χ0) is 17.8. The number of ether oxygens (including phenoxy) is 2. The van der Waals surface area contributed by atoms with Crippen molar-refractivity contribution < 1.29 is 19.1 Å².